The van der Waals surface area contributed by atoms with E-state index in [4.69, 9.17) is 0 Å². The minimum absolute atomic E-state index is 0.439. The van der Waals surface area contributed by atoms with E-state index in [9.17, 15) is 0 Å². The first-order chi connectivity index (χ1) is 9.19. The van der Waals surface area contributed by atoms with Crippen LogP contribution in [-0.2, 0) is 6.54 Å². The van der Waals surface area contributed by atoms with Crippen molar-refractivity contribution < 1.29 is 0 Å². The topological polar surface area (TPSA) is 29.9 Å². The lowest BCUT2D eigenvalue weighted by Crippen LogP contribution is -2.32. The molecule has 0 saturated heterocycles. The molecule has 1 aromatic heterocycles. The van der Waals surface area contributed by atoms with E-state index >= 15 is 0 Å². The normalized spacial score (nSPS) is 24.8. The van der Waals surface area contributed by atoms with Crippen molar-refractivity contribution in [3.63, 3.8) is 0 Å². The van der Waals surface area contributed by atoms with Gasteiger partial charge in [-0.15, -0.1) is 0 Å². The average Bonchev–Trinajstić information content (AvgIpc) is 2.98. The molecule has 3 nitrogen and oxygen atoms in total. The zero-order valence-electron chi connectivity index (χ0n) is 12.3. The largest absolute Gasteiger partial charge is 0.308 e. The zero-order valence-corrected chi connectivity index (χ0v) is 13.9. The van der Waals surface area contributed by atoms with E-state index in [2.05, 4.69) is 51.8 Å². The summed E-state index contributed by atoms with van der Waals surface area (Å²) >= 11 is 3.69. The molecule has 2 rings (SSSR count). The highest BCUT2D eigenvalue weighted by molar-refractivity contribution is 9.10. The molecule has 1 heterocycles. The second-order valence-corrected chi connectivity index (χ2v) is 6.55. The summed E-state index contributed by atoms with van der Waals surface area (Å²) in [6.45, 7) is 8.81. The van der Waals surface area contributed by atoms with Crippen molar-refractivity contribution in [2.45, 2.75) is 59.0 Å². The van der Waals surface area contributed by atoms with Gasteiger partial charge in [0.1, 0.15) is 0 Å². The number of aromatic nitrogens is 2. The van der Waals surface area contributed by atoms with Gasteiger partial charge in [0.15, 0.2) is 0 Å². The lowest BCUT2D eigenvalue weighted by molar-refractivity contribution is 0.287. The third-order valence-electron chi connectivity index (χ3n) is 4.40. The summed E-state index contributed by atoms with van der Waals surface area (Å²) in [5, 5.41) is 8.26. The van der Waals surface area contributed by atoms with Crippen molar-refractivity contribution in [3.05, 3.63) is 16.4 Å². The molecule has 3 atom stereocenters. The first-order valence-electron chi connectivity index (χ1n) is 7.63. The smallest absolute Gasteiger partial charge is 0.0698 e. The van der Waals surface area contributed by atoms with Gasteiger partial charge in [-0.05, 0) is 54.1 Å². The monoisotopic (exact) mass is 327 g/mol. The average molecular weight is 328 g/mol. The molecule has 0 bridgehead atoms. The van der Waals surface area contributed by atoms with Gasteiger partial charge >= 0.3 is 0 Å². The molecule has 1 aliphatic rings. The maximum Gasteiger partial charge on any atom is 0.0698 e. The van der Waals surface area contributed by atoms with Crippen LogP contribution in [0.4, 0.5) is 0 Å². The molecule has 1 aromatic rings. The van der Waals surface area contributed by atoms with Crippen molar-refractivity contribution in [3.8, 4) is 0 Å². The van der Waals surface area contributed by atoms with E-state index in [1.165, 1.54) is 31.4 Å². The van der Waals surface area contributed by atoms with Gasteiger partial charge in [0.05, 0.1) is 22.4 Å². The van der Waals surface area contributed by atoms with Crippen LogP contribution in [0.15, 0.2) is 10.7 Å². The van der Waals surface area contributed by atoms with Gasteiger partial charge in [0.2, 0.25) is 0 Å². The van der Waals surface area contributed by atoms with E-state index in [1.807, 2.05) is 6.20 Å². The van der Waals surface area contributed by atoms with E-state index in [0.29, 0.717) is 6.04 Å². The summed E-state index contributed by atoms with van der Waals surface area (Å²) in [7, 11) is 0. The van der Waals surface area contributed by atoms with Crippen molar-refractivity contribution in [1.29, 1.82) is 0 Å². The van der Waals surface area contributed by atoms with Gasteiger partial charge in [-0.1, -0.05) is 26.7 Å². The van der Waals surface area contributed by atoms with Gasteiger partial charge in [0.25, 0.3) is 0 Å². The number of nitrogens with one attached hydrogen (secondary N) is 1. The summed E-state index contributed by atoms with van der Waals surface area (Å²) < 4.78 is 3.30. The van der Waals surface area contributed by atoms with Gasteiger partial charge in [0, 0.05) is 6.54 Å². The SMILES string of the molecule is CCCNC(c1c(Br)cnn1CC)C1CCCC1C. The Bertz CT molecular complexity index is 402. The van der Waals surface area contributed by atoms with Crippen LogP contribution in [0, 0.1) is 11.8 Å². The Balaban J connectivity index is 2.28. The van der Waals surface area contributed by atoms with Crippen molar-refractivity contribution >= 4 is 15.9 Å². The van der Waals surface area contributed by atoms with Crippen LogP contribution in [-0.4, -0.2) is 16.3 Å². The van der Waals surface area contributed by atoms with Crippen molar-refractivity contribution in [1.82, 2.24) is 15.1 Å². The summed E-state index contributed by atoms with van der Waals surface area (Å²) in [6, 6.07) is 0.439. The summed E-state index contributed by atoms with van der Waals surface area (Å²) in [5.41, 5.74) is 1.34. The lowest BCUT2D eigenvalue weighted by atomic mass is 9.88. The molecule has 0 spiro atoms. The molecule has 0 amide bonds. The molecule has 3 unspecified atom stereocenters. The number of nitrogens with zero attached hydrogens (tertiary/aromatic N) is 2. The second-order valence-electron chi connectivity index (χ2n) is 5.70. The standard InChI is InChI=1S/C15H26BrN3/c1-4-9-17-14(12-8-6-7-11(12)3)15-13(16)10-18-19(15)5-2/h10-12,14,17H,4-9H2,1-3H3. The quantitative estimate of drug-likeness (QED) is 0.850. The Kier molecular flexibility index (Phi) is 5.46. The molecular weight excluding hydrogens is 302 g/mol. The third-order valence-corrected chi connectivity index (χ3v) is 5.01. The van der Waals surface area contributed by atoms with E-state index in [-0.39, 0.29) is 0 Å². The van der Waals surface area contributed by atoms with Crippen LogP contribution in [0.25, 0.3) is 0 Å². The maximum atomic E-state index is 4.49. The van der Waals surface area contributed by atoms with Gasteiger partial charge in [-0.25, -0.2) is 0 Å². The number of rotatable bonds is 6. The molecule has 4 heteroatoms. The minimum atomic E-state index is 0.439. The zero-order chi connectivity index (χ0) is 13.8. The predicted molar refractivity (Wildman–Crippen MR) is 83.1 cm³/mol. The van der Waals surface area contributed by atoms with Crippen LogP contribution >= 0.6 is 15.9 Å². The number of halogens is 1. The third kappa shape index (κ3) is 3.22. The highest BCUT2D eigenvalue weighted by Crippen LogP contribution is 2.41. The van der Waals surface area contributed by atoms with Gasteiger partial charge < -0.3 is 5.32 Å². The fraction of sp³-hybridized carbons (Fsp3) is 0.800. The first-order valence-corrected chi connectivity index (χ1v) is 8.42. The Morgan fingerprint density at radius 2 is 2.26 bits per heavy atom. The van der Waals surface area contributed by atoms with Crippen molar-refractivity contribution in [2.24, 2.45) is 11.8 Å². The van der Waals surface area contributed by atoms with Gasteiger partial charge in [-0.2, -0.15) is 5.10 Å². The predicted octanol–water partition coefficient (Wildman–Crippen LogP) is 4.14. The Hall–Kier alpha value is -0.350. The summed E-state index contributed by atoms with van der Waals surface area (Å²) in [4.78, 5) is 0. The fourth-order valence-corrected chi connectivity index (χ4v) is 3.90. The Labute approximate surface area is 125 Å². The Morgan fingerprint density at radius 1 is 1.47 bits per heavy atom. The number of hydrogen-bond acceptors (Lipinski definition) is 2. The molecule has 19 heavy (non-hydrogen) atoms. The maximum absolute atomic E-state index is 4.49. The van der Waals surface area contributed by atoms with Crippen LogP contribution in [0.2, 0.25) is 0 Å². The van der Waals surface area contributed by atoms with Crippen LogP contribution < -0.4 is 5.32 Å². The number of aryl methyl sites for hydroxylation is 1. The fourth-order valence-electron chi connectivity index (χ4n) is 3.35. The molecule has 1 aliphatic carbocycles. The molecule has 0 aromatic carbocycles. The first kappa shape index (κ1) is 15.0. The summed E-state index contributed by atoms with van der Waals surface area (Å²) in [6.07, 6.45) is 7.19. The van der Waals surface area contributed by atoms with Gasteiger partial charge in [-0.3, -0.25) is 4.68 Å². The highest BCUT2D eigenvalue weighted by atomic mass is 79.9. The molecular formula is C15H26BrN3. The highest BCUT2D eigenvalue weighted by Gasteiger charge is 2.34. The van der Waals surface area contributed by atoms with Crippen LogP contribution in [0.1, 0.15) is 58.2 Å². The van der Waals surface area contributed by atoms with Crippen LogP contribution in [0.3, 0.4) is 0 Å². The molecule has 108 valence electrons. The van der Waals surface area contributed by atoms with E-state index in [1.54, 1.807) is 0 Å². The second kappa shape index (κ2) is 6.89. The van der Waals surface area contributed by atoms with Crippen molar-refractivity contribution in [2.75, 3.05) is 6.54 Å². The van der Waals surface area contributed by atoms with E-state index < -0.39 is 0 Å². The Morgan fingerprint density at radius 3 is 2.84 bits per heavy atom. The lowest BCUT2D eigenvalue weighted by Gasteiger charge is -2.29. The molecule has 0 radical (unpaired) electrons. The molecule has 1 fully saturated rings. The van der Waals surface area contributed by atoms with Crippen LogP contribution in [0.5, 0.6) is 0 Å². The van der Waals surface area contributed by atoms with E-state index in [0.717, 1.165) is 29.4 Å². The summed E-state index contributed by atoms with van der Waals surface area (Å²) in [5.74, 6) is 1.55. The number of hydrogen-bond donors (Lipinski definition) is 1. The molecule has 1 saturated carbocycles. The molecule has 0 aliphatic heterocycles. The molecule has 1 N–H and O–H groups in total. The minimum Gasteiger partial charge on any atom is -0.308 e.